The second-order valence-corrected chi connectivity index (χ2v) is 20.7. The number of carbonyl (C=O) groups excluding carboxylic acids is 5. The molecule has 2 aromatic carbocycles. The van der Waals surface area contributed by atoms with Gasteiger partial charge < -0.3 is 31.1 Å². The van der Waals surface area contributed by atoms with Gasteiger partial charge in [-0.1, -0.05) is 42.8 Å². The van der Waals surface area contributed by atoms with Crippen LogP contribution in [0.15, 0.2) is 64.8 Å². The van der Waals surface area contributed by atoms with E-state index in [1.165, 1.54) is 18.2 Å². The average molecular weight is 891 g/mol. The first kappa shape index (κ1) is 44.3. The van der Waals surface area contributed by atoms with E-state index in [1.807, 2.05) is 48.8 Å². The maximum Gasteiger partial charge on any atom is 0.255 e. The molecule has 9 rings (SSSR count). The molecule has 0 radical (unpaired) electrons. The molecule has 1 unspecified atom stereocenters. The topological polar surface area (TPSA) is 186 Å². The monoisotopic (exact) mass is 890 g/mol. The fourth-order valence-corrected chi connectivity index (χ4v) is 11.3. The second kappa shape index (κ2) is 18.9. The Hall–Kier alpha value is -4.90. The summed E-state index contributed by atoms with van der Waals surface area (Å²) in [7, 11) is 0. The maximum atomic E-state index is 13.1. The molecule has 5 aliphatic heterocycles. The van der Waals surface area contributed by atoms with Crippen molar-refractivity contribution in [3.8, 4) is 0 Å². The number of nitrogens with two attached hydrogens (primary N) is 1. The molecule has 5 amide bonds. The van der Waals surface area contributed by atoms with Gasteiger partial charge in [0.05, 0.1) is 12.4 Å². The van der Waals surface area contributed by atoms with Crippen molar-refractivity contribution in [2.24, 2.45) is 17.1 Å². The second-order valence-electron chi connectivity index (χ2n) is 19.6. The number of rotatable bonds is 16. The van der Waals surface area contributed by atoms with Crippen molar-refractivity contribution in [1.29, 1.82) is 0 Å². The third kappa shape index (κ3) is 10.3. The van der Waals surface area contributed by atoms with E-state index in [0.29, 0.717) is 43.0 Å². The minimum absolute atomic E-state index is 0.0276. The lowest BCUT2D eigenvalue weighted by molar-refractivity contribution is -0.137. The number of carbonyl (C=O) groups is 5. The molecular weight excluding hydrogens is 829 g/mol. The third-order valence-electron chi connectivity index (χ3n) is 14.5. The van der Waals surface area contributed by atoms with Gasteiger partial charge in [0.1, 0.15) is 16.9 Å². The Balaban J connectivity index is 0.612. The van der Waals surface area contributed by atoms with Crippen LogP contribution in [0.1, 0.15) is 105 Å². The molecule has 1 atom stereocenters. The highest BCUT2D eigenvalue weighted by atomic mass is 32.2. The van der Waals surface area contributed by atoms with E-state index in [-0.39, 0.29) is 41.5 Å². The number of amides is 5. The van der Waals surface area contributed by atoms with Gasteiger partial charge in [-0.2, -0.15) is 0 Å². The highest BCUT2D eigenvalue weighted by Crippen LogP contribution is 2.44. The van der Waals surface area contributed by atoms with Crippen LogP contribution in [0.5, 0.6) is 0 Å². The van der Waals surface area contributed by atoms with Crippen molar-refractivity contribution in [3.05, 3.63) is 71.5 Å². The normalized spacial score (nSPS) is 24.0. The quantitative estimate of drug-likeness (QED) is 0.115. The number of benzene rings is 2. The van der Waals surface area contributed by atoms with Crippen LogP contribution in [-0.4, -0.2) is 118 Å². The summed E-state index contributed by atoms with van der Waals surface area (Å²) in [4.78, 5) is 82.2. The standard InChI is InChI=1S/C48H62N10O5S/c1-47(49)14-18-56(19-15-47)40-26-51-43(27-50-40)64-37-8-6-7-35(24-37)53-41(59)9-4-2-3-5-17-55-29-48(30-55)16-20-57(31-48)36-22-33(23-36)44(61)52-25-32-10-11-38-34(21-32)28-58(46(38)63)39-12-13-42(60)54-45(39)62/h6-8,10-11,21,24,26-27,33,36,39H,2-5,9,12-20,22-23,25,28-31,49H2,1H3,(H,52,61)(H,53,59)(H,54,60,62). The van der Waals surface area contributed by atoms with E-state index in [1.54, 1.807) is 11.0 Å². The van der Waals surface area contributed by atoms with Crippen molar-refractivity contribution < 1.29 is 24.0 Å². The molecule has 1 aliphatic carbocycles. The summed E-state index contributed by atoms with van der Waals surface area (Å²) in [6.07, 6.45) is 13.8. The number of hydrogen-bond donors (Lipinski definition) is 4. The van der Waals surface area contributed by atoms with E-state index in [0.717, 1.165) is 130 Å². The Morgan fingerprint density at radius 3 is 2.53 bits per heavy atom. The maximum absolute atomic E-state index is 13.1. The summed E-state index contributed by atoms with van der Waals surface area (Å²) in [5.41, 5.74) is 9.72. The molecule has 5 N–H and O–H groups in total. The van der Waals surface area contributed by atoms with Gasteiger partial charge in [0.25, 0.3) is 5.91 Å². The lowest BCUT2D eigenvalue weighted by Crippen LogP contribution is -2.58. The molecule has 16 heteroatoms. The molecular formula is C48H62N10O5S. The van der Waals surface area contributed by atoms with Crippen molar-refractivity contribution in [1.82, 2.24) is 35.3 Å². The molecule has 6 heterocycles. The minimum Gasteiger partial charge on any atom is -0.355 e. The van der Waals surface area contributed by atoms with Crippen LogP contribution in [0.2, 0.25) is 0 Å². The van der Waals surface area contributed by atoms with E-state index in [9.17, 15) is 24.0 Å². The number of nitrogens with one attached hydrogen (secondary N) is 3. The highest BCUT2D eigenvalue weighted by molar-refractivity contribution is 7.99. The zero-order chi connectivity index (χ0) is 44.4. The van der Waals surface area contributed by atoms with E-state index in [2.05, 4.69) is 47.5 Å². The van der Waals surface area contributed by atoms with Crippen LogP contribution >= 0.6 is 11.8 Å². The lowest BCUT2D eigenvalue weighted by Gasteiger charge is -2.49. The number of hydrogen-bond acceptors (Lipinski definition) is 12. The molecule has 1 aromatic heterocycles. The third-order valence-corrected chi connectivity index (χ3v) is 15.4. The largest absolute Gasteiger partial charge is 0.355 e. The smallest absolute Gasteiger partial charge is 0.255 e. The first-order chi connectivity index (χ1) is 30.9. The number of piperidine rings is 2. The van der Waals surface area contributed by atoms with Gasteiger partial charge in [-0.15, -0.1) is 0 Å². The predicted molar refractivity (Wildman–Crippen MR) is 244 cm³/mol. The molecule has 64 heavy (non-hydrogen) atoms. The van der Waals surface area contributed by atoms with Gasteiger partial charge in [0, 0.05) is 97.7 Å². The summed E-state index contributed by atoms with van der Waals surface area (Å²) >= 11 is 1.54. The Morgan fingerprint density at radius 2 is 1.75 bits per heavy atom. The van der Waals surface area contributed by atoms with Gasteiger partial charge in [-0.05, 0) is 107 Å². The highest BCUT2D eigenvalue weighted by Gasteiger charge is 2.50. The summed E-state index contributed by atoms with van der Waals surface area (Å²) in [5, 5.41) is 9.36. The van der Waals surface area contributed by atoms with Crippen molar-refractivity contribution in [2.75, 3.05) is 56.0 Å². The van der Waals surface area contributed by atoms with Crippen LogP contribution in [0.4, 0.5) is 11.5 Å². The fourth-order valence-electron chi connectivity index (χ4n) is 10.5. The Bertz CT molecular complexity index is 2230. The number of nitrogens with zero attached hydrogens (tertiary/aromatic N) is 6. The number of fused-ring (bicyclic) bond motifs is 1. The predicted octanol–water partition coefficient (Wildman–Crippen LogP) is 4.70. The van der Waals surface area contributed by atoms with Crippen molar-refractivity contribution in [2.45, 2.75) is 125 Å². The molecule has 1 saturated carbocycles. The Kier molecular flexibility index (Phi) is 13.1. The van der Waals surface area contributed by atoms with Gasteiger partial charge in [-0.3, -0.25) is 34.2 Å². The molecule has 3 aromatic rings. The van der Waals surface area contributed by atoms with E-state index < -0.39 is 11.9 Å². The molecule has 6 aliphatic rings. The fraction of sp³-hybridized carbons (Fsp3) is 0.562. The first-order valence-electron chi connectivity index (χ1n) is 23.3. The zero-order valence-electron chi connectivity index (χ0n) is 37.0. The van der Waals surface area contributed by atoms with E-state index >= 15 is 0 Å². The van der Waals surface area contributed by atoms with Gasteiger partial charge in [0.15, 0.2) is 0 Å². The minimum atomic E-state index is -0.639. The SMILES string of the molecule is CC1(N)CCN(c2cnc(Sc3cccc(NC(=O)CCCCCCN4CC5(CCN(C6CC(C(=O)NCc7ccc8c(c7)CN(C7CCC(=O)NC7=O)C8=O)C6)C5)C4)c3)cn2)CC1. The summed E-state index contributed by atoms with van der Waals surface area (Å²) in [6, 6.07) is 13.3. The van der Waals surface area contributed by atoms with Crippen LogP contribution in [-0.2, 0) is 32.3 Å². The molecule has 4 saturated heterocycles. The van der Waals surface area contributed by atoms with Crippen LogP contribution in [0.25, 0.3) is 0 Å². The molecule has 15 nitrogen and oxygen atoms in total. The molecule has 340 valence electrons. The van der Waals surface area contributed by atoms with Crippen LogP contribution in [0.3, 0.4) is 0 Å². The Labute approximate surface area is 380 Å². The van der Waals surface area contributed by atoms with Crippen molar-refractivity contribution in [3.63, 3.8) is 0 Å². The number of aromatic nitrogens is 2. The Morgan fingerprint density at radius 1 is 0.938 bits per heavy atom. The summed E-state index contributed by atoms with van der Waals surface area (Å²) in [6.45, 7) is 10.3. The van der Waals surface area contributed by atoms with Crippen LogP contribution < -0.4 is 26.6 Å². The average Bonchev–Trinajstić information content (AvgIpc) is 3.82. The summed E-state index contributed by atoms with van der Waals surface area (Å²) < 4.78 is 0. The first-order valence-corrected chi connectivity index (χ1v) is 24.1. The molecule has 5 fully saturated rings. The number of unbranched alkanes of at least 4 members (excludes halogenated alkanes) is 3. The number of anilines is 2. The van der Waals surface area contributed by atoms with Gasteiger partial charge in [-0.25, -0.2) is 9.97 Å². The molecule has 1 spiro atoms. The van der Waals surface area contributed by atoms with Gasteiger partial charge >= 0.3 is 0 Å². The lowest BCUT2D eigenvalue weighted by atomic mass is 9.77. The van der Waals surface area contributed by atoms with Crippen LogP contribution in [0, 0.1) is 11.3 Å². The summed E-state index contributed by atoms with van der Waals surface area (Å²) in [5.74, 6) is 0.139. The number of imide groups is 1. The van der Waals surface area contributed by atoms with Gasteiger partial charge in [0.2, 0.25) is 23.6 Å². The molecule has 0 bridgehead atoms. The zero-order valence-corrected chi connectivity index (χ0v) is 37.8. The van der Waals surface area contributed by atoms with Crippen molar-refractivity contribution >= 4 is 52.8 Å². The van der Waals surface area contributed by atoms with E-state index in [4.69, 9.17) is 5.73 Å². The number of likely N-dealkylation sites (tertiary alicyclic amines) is 2.